The minimum absolute atomic E-state index is 1.01. The first-order valence-electron chi connectivity index (χ1n) is 7.87. The molecule has 0 fully saturated rings. The van der Waals surface area contributed by atoms with Gasteiger partial charge in [-0.05, 0) is 43.7 Å². The first-order chi connectivity index (χ1) is 11.8. The summed E-state index contributed by atoms with van der Waals surface area (Å²) in [5, 5.41) is 0. The van der Waals surface area contributed by atoms with E-state index >= 15 is 0 Å². The maximum atomic E-state index is 4.59. The lowest BCUT2D eigenvalue weighted by atomic mass is 10.1. The summed E-state index contributed by atoms with van der Waals surface area (Å²) in [4.78, 5) is 5.18. The number of aryl methyl sites for hydroxylation is 1. The van der Waals surface area contributed by atoms with Crippen molar-refractivity contribution >= 4 is 51.5 Å². The highest BCUT2D eigenvalue weighted by molar-refractivity contribution is 7.16. The lowest BCUT2D eigenvalue weighted by Gasteiger charge is -2.03. The Morgan fingerprint density at radius 3 is 2.17 bits per heavy atom. The lowest BCUT2D eigenvalue weighted by molar-refractivity contribution is 1.19. The van der Waals surface area contributed by atoms with E-state index in [4.69, 9.17) is 0 Å². The van der Waals surface area contributed by atoms with Crippen LogP contribution in [0.4, 0.5) is 0 Å². The average molecular weight is 369 g/mol. The Hall–Kier alpha value is -1.82. The molecule has 0 saturated carbocycles. The molecule has 3 heterocycles. The fraction of sp³-hybridized carbons (Fsp3) is 0.158. The molecule has 0 aliphatic carbocycles. The van der Waals surface area contributed by atoms with Gasteiger partial charge in [-0.3, -0.25) is 0 Å². The molecule has 0 unspecified atom stereocenters. The summed E-state index contributed by atoms with van der Waals surface area (Å²) in [6.45, 7) is 4.24. The normalized spacial score (nSPS) is 11.8. The smallest absolute Gasteiger partial charge is 0.114 e. The van der Waals surface area contributed by atoms with Gasteiger partial charge in [0.25, 0.3) is 0 Å². The maximum absolute atomic E-state index is 4.59. The molecule has 0 amide bonds. The maximum Gasteiger partial charge on any atom is 0.114 e. The molecular formula is C19H16N2S3. The first-order valence-corrected chi connectivity index (χ1v) is 10.2. The van der Waals surface area contributed by atoms with Crippen molar-refractivity contribution in [1.82, 2.24) is 8.75 Å². The highest BCUT2D eigenvalue weighted by Crippen LogP contribution is 2.39. The summed E-state index contributed by atoms with van der Waals surface area (Å²) in [5.41, 5.74) is 4.40. The van der Waals surface area contributed by atoms with Crippen LogP contribution in [0, 0.1) is 0 Å². The molecule has 0 N–H and O–H groups in total. The second-order valence-corrected chi connectivity index (χ2v) is 8.26. The third-order valence-corrected chi connectivity index (χ3v) is 6.79. The number of nitrogens with zero attached hydrogens (tertiary/aromatic N) is 2. The van der Waals surface area contributed by atoms with E-state index in [1.165, 1.54) is 42.4 Å². The largest absolute Gasteiger partial charge is 0.172 e. The fourth-order valence-corrected chi connectivity index (χ4v) is 5.28. The van der Waals surface area contributed by atoms with Crippen molar-refractivity contribution in [2.24, 2.45) is 0 Å². The molecule has 0 saturated heterocycles. The van der Waals surface area contributed by atoms with Gasteiger partial charge in [0, 0.05) is 30.6 Å². The highest BCUT2D eigenvalue weighted by atomic mass is 32.1. The molecule has 24 heavy (non-hydrogen) atoms. The van der Waals surface area contributed by atoms with Crippen molar-refractivity contribution in [2.75, 3.05) is 0 Å². The predicted octanol–water partition coefficient (Wildman–Crippen LogP) is 6.74. The molecule has 2 nitrogen and oxygen atoms in total. The van der Waals surface area contributed by atoms with Gasteiger partial charge in [0.1, 0.15) is 11.0 Å². The van der Waals surface area contributed by atoms with Gasteiger partial charge in [0.15, 0.2) is 0 Å². The van der Waals surface area contributed by atoms with Crippen molar-refractivity contribution < 1.29 is 0 Å². The van der Waals surface area contributed by atoms with Gasteiger partial charge in [0.05, 0.1) is 11.7 Å². The summed E-state index contributed by atoms with van der Waals surface area (Å²) in [6, 6.07) is 13.1. The Balaban J connectivity index is 1.84. The standard InChI is InChI=1S/C19H16N2S3/c1-3-5-13-7-11-17(23-13)15-9-8-14(18-19(15)21-24-20-18)16-10-6-12(4-2)22-16/h3,5-11H,4H2,1-2H3/b5-3+. The zero-order chi connectivity index (χ0) is 16.5. The van der Waals surface area contributed by atoms with Crippen molar-refractivity contribution in [3.63, 3.8) is 0 Å². The van der Waals surface area contributed by atoms with Crippen LogP contribution in [0.15, 0.2) is 42.5 Å². The monoisotopic (exact) mass is 368 g/mol. The molecule has 5 heteroatoms. The van der Waals surface area contributed by atoms with Gasteiger partial charge in [-0.1, -0.05) is 25.1 Å². The minimum atomic E-state index is 1.01. The van der Waals surface area contributed by atoms with Crippen LogP contribution in [0.1, 0.15) is 23.6 Å². The van der Waals surface area contributed by atoms with Gasteiger partial charge in [-0.15, -0.1) is 22.7 Å². The topological polar surface area (TPSA) is 25.8 Å². The van der Waals surface area contributed by atoms with Crippen LogP contribution in [0.2, 0.25) is 0 Å². The molecule has 120 valence electrons. The molecule has 0 spiro atoms. The molecule has 1 aromatic carbocycles. The van der Waals surface area contributed by atoms with Crippen LogP contribution in [0.3, 0.4) is 0 Å². The summed E-state index contributed by atoms with van der Waals surface area (Å²) in [6.07, 6.45) is 5.28. The van der Waals surface area contributed by atoms with E-state index in [9.17, 15) is 0 Å². The Kier molecular flexibility index (Phi) is 4.31. The van der Waals surface area contributed by atoms with Gasteiger partial charge >= 0.3 is 0 Å². The van der Waals surface area contributed by atoms with Crippen molar-refractivity contribution in [3.8, 4) is 20.9 Å². The molecule has 3 aromatic heterocycles. The highest BCUT2D eigenvalue weighted by Gasteiger charge is 2.15. The SMILES string of the molecule is C/C=C/c1ccc(-c2ccc(-c3ccc(CC)s3)c3nsnc23)s1. The number of allylic oxidation sites excluding steroid dienone is 1. The quantitative estimate of drug-likeness (QED) is 0.398. The van der Waals surface area contributed by atoms with Crippen LogP contribution in [-0.4, -0.2) is 8.75 Å². The number of hydrogen-bond donors (Lipinski definition) is 0. The van der Waals surface area contributed by atoms with E-state index in [1.54, 1.807) is 11.3 Å². The number of rotatable bonds is 4. The third kappa shape index (κ3) is 2.73. The van der Waals surface area contributed by atoms with E-state index in [1.807, 2.05) is 18.3 Å². The number of hydrogen-bond acceptors (Lipinski definition) is 5. The molecule has 0 radical (unpaired) electrons. The number of aromatic nitrogens is 2. The second-order valence-electron chi connectivity index (χ2n) is 5.44. The molecular weight excluding hydrogens is 352 g/mol. The summed E-state index contributed by atoms with van der Waals surface area (Å²) < 4.78 is 9.17. The minimum Gasteiger partial charge on any atom is -0.172 e. The average Bonchev–Trinajstić information content (AvgIpc) is 3.34. The first kappa shape index (κ1) is 15.7. The van der Waals surface area contributed by atoms with Crippen molar-refractivity contribution in [1.29, 1.82) is 0 Å². The second kappa shape index (κ2) is 6.59. The van der Waals surface area contributed by atoms with Crippen molar-refractivity contribution in [3.05, 3.63) is 52.2 Å². The Morgan fingerprint density at radius 1 is 0.875 bits per heavy atom. The van der Waals surface area contributed by atoms with E-state index in [0.29, 0.717) is 0 Å². The molecule has 0 atom stereocenters. The Bertz CT molecular complexity index is 1020. The fourth-order valence-electron chi connectivity index (χ4n) is 2.73. The van der Waals surface area contributed by atoms with E-state index in [0.717, 1.165) is 17.5 Å². The third-order valence-electron chi connectivity index (χ3n) is 3.91. The van der Waals surface area contributed by atoms with Crippen LogP contribution < -0.4 is 0 Å². The molecule has 4 rings (SSSR count). The van der Waals surface area contributed by atoms with Gasteiger partial charge in [-0.25, -0.2) is 0 Å². The van der Waals surface area contributed by atoms with Crippen molar-refractivity contribution in [2.45, 2.75) is 20.3 Å². The van der Waals surface area contributed by atoms with Crippen LogP contribution in [0.5, 0.6) is 0 Å². The zero-order valence-electron chi connectivity index (χ0n) is 13.4. The summed E-state index contributed by atoms with van der Waals surface area (Å²) in [5.74, 6) is 0. The van der Waals surface area contributed by atoms with Gasteiger partial charge < -0.3 is 0 Å². The van der Waals surface area contributed by atoms with E-state index in [2.05, 4.69) is 64.2 Å². The molecule has 0 bridgehead atoms. The zero-order valence-corrected chi connectivity index (χ0v) is 15.9. The van der Waals surface area contributed by atoms with Crippen LogP contribution in [0.25, 0.3) is 38.0 Å². The molecule has 0 aliphatic rings. The molecule has 4 aromatic rings. The van der Waals surface area contributed by atoms with Gasteiger partial charge in [0.2, 0.25) is 0 Å². The van der Waals surface area contributed by atoms with E-state index in [-0.39, 0.29) is 0 Å². The number of fused-ring (bicyclic) bond motifs is 1. The van der Waals surface area contributed by atoms with Gasteiger partial charge in [-0.2, -0.15) is 8.75 Å². The molecule has 0 aliphatic heterocycles. The summed E-state index contributed by atoms with van der Waals surface area (Å²) in [7, 11) is 0. The number of benzene rings is 1. The van der Waals surface area contributed by atoms with Crippen LogP contribution >= 0.6 is 34.4 Å². The number of thiophene rings is 2. The Labute approximate surface area is 153 Å². The predicted molar refractivity (Wildman–Crippen MR) is 108 cm³/mol. The summed E-state index contributed by atoms with van der Waals surface area (Å²) >= 11 is 4.93. The lowest BCUT2D eigenvalue weighted by Crippen LogP contribution is -1.81. The van der Waals surface area contributed by atoms with Crippen LogP contribution in [-0.2, 0) is 6.42 Å². The Morgan fingerprint density at radius 2 is 1.54 bits per heavy atom. The van der Waals surface area contributed by atoms with E-state index < -0.39 is 0 Å².